The van der Waals surface area contributed by atoms with E-state index in [9.17, 15) is 0 Å². The molecule has 3 nitrogen and oxygen atoms in total. The number of hydrogen-bond acceptors (Lipinski definition) is 2. The average Bonchev–Trinajstić information content (AvgIpc) is 3.32. The number of pyridine rings is 1. The van der Waals surface area contributed by atoms with Crippen molar-refractivity contribution in [3.63, 3.8) is 0 Å². The van der Waals surface area contributed by atoms with E-state index in [1.54, 1.807) is 6.07 Å². The van der Waals surface area contributed by atoms with Gasteiger partial charge in [0.05, 0.1) is 11.1 Å². The van der Waals surface area contributed by atoms with E-state index in [0.29, 0.717) is 11.1 Å². The largest absolute Gasteiger partial charge is 0.454 e. The summed E-state index contributed by atoms with van der Waals surface area (Å²) in [6, 6.07) is 30.6. The number of halogens is 1. The topological polar surface area (TPSA) is 20.3 Å². The zero-order chi connectivity index (χ0) is 27.6. The van der Waals surface area contributed by atoms with Crippen LogP contribution in [0, 0.1) is 12.7 Å². The maximum absolute atomic E-state index is 16.1. The van der Waals surface area contributed by atoms with Crippen LogP contribution >= 0.6 is 0 Å². The van der Waals surface area contributed by atoms with Crippen molar-refractivity contribution < 1.29 is 13.4 Å². The van der Waals surface area contributed by atoms with Gasteiger partial charge >= 0.3 is 0 Å². The molecule has 6 aromatic rings. The highest BCUT2D eigenvalue weighted by Crippen LogP contribution is 2.50. The lowest BCUT2D eigenvalue weighted by Crippen LogP contribution is -2.35. The minimum absolute atomic E-state index is 0.142. The standard InChI is InChI=1S/C36H32FN2O/c1-23-16-17-25-26-18-19-28(37)32(35(26)40-34(25)31(23)29-14-8-9-21-38(29)4)27-13-10-15-30-33(27)36(2,3)20-22-39(30)24-11-6-5-7-12-24/h5-19,21H,20,22H2,1-4H3/q+1. The van der Waals surface area contributed by atoms with E-state index in [1.807, 2.05) is 43.6 Å². The quantitative estimate of drug-likeness (QED) is 0.214. The molecule has 0 N–H and O–H groups in total. The van der Waals surface area contributed by atoms with Crippen molar-refractivity contribution in [3.05, 3.63) is 114 Å². The van der Waals surface area contributed by atoms with Crippen LogP contribution in [0.2, 0.25) is 0 Å². The second-order valence-electron chi connectivity index (χ2n) is 11.6. The molecule has 0 radical (unpaired) electrons. The lowest BCUT2D eigenvalue weighted by atomic mass is 9.74. The van der Waals surface area contributed by atoms with Crippen LogP contribution in [0.4, 0.5) is 15.8 Å². The highest BCUT2D eigenvalue weighted by atomic mass is 19.1. The van der Waals surface area contributed by atoms with Gasteiger partial charge in [0.15, 0.2) is 6.20 Å². The molecule has 1 aliphatic rings. The lowest BCUT2D eigenvalue weighted by molar-refractivity contribution is -0.660. The molecule has 7 rings (SSSR count). The van der Waals surface area contributed by atoms with Crippen LogP contribution in [-0.4, -0.2) is 6.54 Å². The van der Waals surface area contributed by atoms with Gasteiger partial charge in [0.1, 0.15) is 24.0 Å². The van der Waals surface area contributed by atoms with Gasteiger partial charge in [-0.1, -0.05) is 56.3 Å². The highest BCUT2D eigenvalue weighted by Gasteiger charge is 2.35. The van der Waals surface area contributed by atoms with Crippen molar-refractivity contribution in [2.75, 3.05) is 11.4 Å². The van der Waals surface area contributed by atoms with Crippen molar-refractivity contribution in [3.8, 4) is 22.4 Å². The minimum atomic E-state index is -0.267. The molecule has 0 unspecified atom stereocenters. The monoisotopic (exact) mass is 527 g/mol. The summed E-state index contributed by atoms with van der Waals surface area (Å²) in [6.07, 6.45) is 3.00. The van der Waals surface area contributed by atoms with Crippen LogP contribution in [0.1, 0.15) is 31.4 Å². The lowest BCUT2D eigenvalue weighted by Gasteiger charge is -2.41. The zero-order valence-electron chi connectivity index (χ0n) is 23.3. The molecule has 198 valence electrons. The summed E-state index contributed by atoms with van der Waals surface area (Å²) in [7, 11) is 2.04. The molecule has 0 saturated carbocycles. The molecule has 0 spiro atoms. The summed E-state index contributed by atoms with van der Waals surface area (Å²) in [5, 5.41) is 1.92. The predicted octanol–water partition coefficient (Wildman–Crippen LogP) is 9.01. The molecule has 4 heteroatoms. The van der Waals surface area contributed by atoms with Crippen LogP contribution in [-0.2, 0) is 12.5 Å². The summed E-state index contributed by atoms with van der Waals surface area (Å²) in [4.78, 5) is 2.36. The second kappa shape index (κ2) is 9.06. The number of aryl methyl sites for hydroxylation is 2. The van der Waals surface area contributed by atoms with Crippen molar-refractivity contribution in [2.45, 2.75) is 32.6 Å². The van der Waals surface area contributed by atoms with Crippen LogP contribution in [0.25, 0.3) is 44.3 Å². The molecule has 4 aromatic carbocycles. The van der Waals surface area contributed by atoms with Crippen LogP contribution in [0.3, 0.4) is 0 Å². The molecule has 40 heavy (non-hydrogen) atoms. The summed E-state index contributed by atoms with van der Waals surface area (Å²) < 4.78 is 24.9. The molecule has 3 heterocycles. The maximum Gasteiger partial charge on any atom is 0.216 e. The van der Waals surface area contributed by atoms with Gasteiger partial charge in [-0.3, -0.25) is 0 Å². The third kappa shape index (κ3) is 3.66. The summed E-state index contributed by atoms with van der Waals surface area (Å²) in [6.45, 7) is 7.54. The number of nitrogens with zero attached hydrogens (tertiary/aromatic N) is 2. The van der Waals surface area contributed by atoms with E-state index in [2.05, 4.69) is 84.8 Å². The molecule has 0 bridgehead atoms. The number of rotatable bonds is 3. The fraction of sp³-hybridized carbons (Fsp3) is 0.194. The van der Waals surface area contributed by atoms with E-state index in [1.165, 1.54) is 0 Å². The van der Waals surface area contributed by atoms with E-state index in [4.69, 9.17) is 4.42 Å². The van der Waals surface area contributed by atoms with E-state index < -0.39 is 0 Å². The molecular weight excluding hydrogens is 495 g/mol. The Morgan fingerprint density at radius 2 is 1.52 bits per heavy atom. The number of fused-ring (bicyclic) bond motifs is 4. The zero-order valence-corrected chi connectivity index (χ0v) is 23.3. The Balaban J connectivity index is 1.53. The number of hydrogen-bond donors (Lipinski definition) is 0. The highest BCUT2D eigenvalue weighted by molar-refractivity contribution is 6.13. The van der Waals surface area contributed by atoms with Gasteiger partial charge in [-0.05, 0) is 71.8 Å². The molecule has 0 fully saturated rings. The van der Waals surface area contributed by atoms with Gasteiger partial charge in [-0.25, -0.2) is 8.96 Å². The van der Waals surface area contributed by atoms with E-state index in [0.717, 1.165) is 68.6 Å². The summed E-state index contributed by atoms with van der Waals surface area (Å²) in [5.74, 6) is -0.267. The first-order valence-electron chi connectivity index (χ1n) is 13.9. The Labute approximate surface area is 234 Å². The Morgan fingerprint density at radius 3 is 2.30 bits per heavy atom. The van der Waals surface area contributed by atoms with Gasteiger partial charge in [-0.15, -0.1) is 0 Å². The Kier molecular flexibility index (Phi) is 5.57. The third-order valence-electron chi connectivity index (χ3n) is 8.59. The van der Waals surface area contributed by atoms with Gasteiger partial charge in [0.2, 0.25) is 5.69 Å². The molecule has 1 aliphatic heterocycles. The normalized spacial score (nSPS) is 14.6. The minimum Gasteiger partial charge on any atom is -0.454 e. The molecule has 0 saturated heterocycles. The maximum atomic E-state index is 16.1. The SMILES string of the molecule is Cc1ccc2c(oc3c(-c4cccc5c4C(C)(C)CCN5c4ccccc4)c(F)ccc32)c1-c1cccc[n+]1C. The fourth-order valence-electron chi connectivity index (χ4n) is 6.53. The fourth-order valence-corrected chi connectivity index (χ4v) is 6.53. The van der Waals surface area contributed by atoms with Crippen LogP contribution in [0.15, 0.2) is 102 Å². The Hall–Kier alpha value is -4.44. The van der Waals surface area contributed by atoms with Crippen molar-refractivity contribution >= 4 is 33.3 Å². The number of furan rings is 1. The van der Waals surface area contributed by atoms with Gasteiger partial charge in [0.25, 0.3) is 0 Å². The van der Waals surface area contributed by atoms with Crippen LogP contribution in [0.5, 0.6) is 0 Å². The predicted molar refractivity (Wildman–Crippen MR) is 162 cm³/mol. The van der Waals surface area contributed by atoms with E-state index in [-0.39, 0.29) is 11.2 Å². The number of benzene rings is 4. The molecule has 0 atom stereocenters. The third-order valence-corrected chi connectivity index (χ3v) is 8.59. The first-order chi connectivity index (χ1) is 19.3. The first kappa shape index (κ1) is 24.6. The first-order valence-corrected chi connectivity index (χ1v) is 13.9. The van der Waals surface area contributed by atoms with Crippen molar-refractivity contribution in [1.82, 2.24) is 0 Å². The number of anilines is 2. The average molecular weight is 528 g/mol. The van der Waals surface area contributed by atoms with Crippen molar-refractivity contribution in [2.24, 2.45) is 7.05 Å². The Morgan fingerprint density at radius 1 is 0.800 bits per heavy atom. The summed E-state index contributed by atoms with van der Waals surface area (Å²) in [5.41, 5.74) is 9.32. The molecule has 0 amide bonds. The van der Waals surface area contributed by atoms with Gasteiger partial charge < -0.3 is 9.32 Å². The summed E-state index contributed by atoms with van der Waals surface area (Å²) >= 11 is 0. The van der Waals surface area contributed by atoms with Crippen LogP contribution < -0.4 is 9.47 Å². The smallest absolute Gasteiger partial charge is 0.216 e. The van der Waals surface area contributed by atoms with Gasteiger partial charge in [0, 0.05) is 40.8 Å². The number of aromatic nitrogens is 1. The van der Waals surface area contributed by atoms with E-state index >= 15 is 4.39 Å². The molecular formula is C36H32FN2O+. The second-order valence-corrected chi connectivity index (χ2v) is 11.6. The van der Waals surface area contributed by atoms with Gasteiger partial charge in [-0.2, -0.15) is 0 Å². The Bertz CT molecular complexity index is 1920. The molecule has 0 aliphatic carbocycles. The van der Waals surface area contributed by atoms with Crippen molar-refractivity contribution in [1.29, 1.82) is 0 Å². The molecule has 2 aromatic heterocycles. The number of para-hydroxylation sites is 1.